The maximum absolute atomic E-state index is 12.6. The zero-order chi connectivity index (χ0) is 20.9. The summed E-state index contributed by atoms with van der Waals surface area (Å²) in [6.45, 7) is 1.90. The van der Waals surface area contributed by atoms with Crippen molar-refractivity contribution in [2.75, 3.05) is 39.0 Å². The number of carbonyl (C=O) groups excluding carboxylic acids is 2. The van der Waals surface area contributed by atoms with Gasteiger partial charge in [0.15, 0.2) is 5.76 Å². The van der Waals surface area contributed by atoms with E-state index in [-0.39, 0.29) is 17.6 Å². The molecular formula is C19H20N6O4S. The van der Waals surface area contributed by atoms with Crippen LogP contribution in [-0.4, -0.2) is 80.9 Å². The molecule has 0 unspecified atom stereocenters. The van der Waals surface area contributed by atoms with Crippen LogP contribution < -0.4 is 4.74 Å². The Morgan fingerprint density at radius 2 is 1.93 bits per heavy atom. The van der Waals surface area contributed by atoms with Gasteiger partial charge in [-0.25, -0.2) is 0 Å². The van der Waals surface area contributed by atoms with E-state index in [1.54, 1.807) is 33.7 Å². The first kappa shape index (κ1) is 20.0. The van der Waals surface area contributed by atoms with Gasteiger partial charge in [0.1, 0.15) is 5.75 Å². The molecule has 30 heavy (non-hydrogen) atoms. The topological polar surface area (TPSA) is 107 Å². The number of aromatic nitrogens is 4. The van der Waals surface area contributed by atoms with E-state index in [1.807, 2.05) is 24.3 Å². The van der Waals surface area contributed by atoms with Crippen molar-refractivity contribution in [1.82, 2.24) is 30.0 Å². The van der Waals surface area contributed by atoms with Gasteiger partial charge in [-0.3, -0.25) is 9.59 Å². The van der Waals surface area contributed by atoms with Gasteiger partial charge in [-0.2, -0.15) is 4.68 Å². The highest BCUT2D eigenvalue weighted by atomic mass is 32.2. The summed E-state index contributed by atoms with van der Waals surface area (Å²) in [6, 6.07) is 10.7. The van der Waals surface area contributed by atoms with Gasteiger partial charge in [0.25, 0.3) is 5.91 Å². The molecule has 0 aliphatic carbocycles. The Morgan fingerprint density at radius 1 is 1.13 bits per heavy atom. The number of piperazine rings is 1. The Morgan fingerprint density at radius 3 is 2.67 bits per heavy atom. The van der Waals surface area contributed by atoms with E-state index in [1.165, 1.54) is 18.0 Å². The average Bonchev–Trinajstić information content (AvgIpc) is 3.49. The van der Waals surface area contributed by atoms with Crippen molar-refractivity contribution in [3.63, 3.8) is 0 Å². The fourth-order valence-corrected chi connectivity index (χ4v) is 3.90. The molecule has 3 aromatic rings. The molecule has 1 fully saturated rings. The van der Waals surface area contributed by atoms with Crippen LogP contribution in [0.3, 0.4) is 0 Å². The Balaban J connectivity index is 1.32. The smallest absolute Gasteiger partial charge is 0.289 e. The van der Waals surface area contributed by atoms with Crippen molar-refractivity contribution >= 4 is 23.6 Å². The van der Waals surface area contributed by atoms with Crippen LogP contribution in [0.1, 0.15) is 10.6 Å². The molecular weight excluding hydrogens is 408 g/mol. The highest BCUT2D eigenvalue weighted by molar-refractivity contribution is 7.99. The number of carbonyl (C=O) groups is 2. The van der Waals surface area contributed by atoms with Crippen LogP contribution in [-0.2, 0) is 4.79 Å². The maximum Gasteiger partial charge on any atom is 0.289 e. The van der Waals surface area contributed by atoms with Gasteiger partial charge < -0.3 is 19.0 Å². The van der Waals surface area contributed by atoms with Crippen molar-refractivity contribution < 1.29 is 18.7 Å². The third-order valence-corrected chi connectivity index (χ3v) is 5.62. The van der Waals surface area contributed by atoms with Gasteiger partial charge in [-0.05, 0) is 34.7 Å². The number of thioether (sulfide) groups is 1. The van der Waals surface area contributed by atoms with Gasteiger partial charge in [-0.15, -0.1) is 5.10 Å². The first-order chi connectivity index (χ1) is 14.7. The van der Waals surface area contributed by atoms with Gasteiger partial charge in [0.2, 0.25) is 11.1 Å². The third kappa shape index (κ3) is 4.30. The molecule has 1 aliphatic heterocycles. The number of ether oxygens (including phenoxy) is 1. The predicted octanol–water partition coefficient (Wildman–Crippen LogP) is 1.34. The van der Waals surface area contributed by atoms with E-state index >= 15 is 0 Å². The molecule has 156 valence electrons. The second-order valence-electron chi connectivity index (χ2n) is 6.51. The Hall–Kier alpha value is -3.34. The van der Waals surface area contributed by atoms with Crippen LogP contribution in [0, 0.1) is 0 Å². The lowest BCUT2D eigenvalue weighted by Gasteiger charge is -2.34. The number of benzene rings is 1. The van der Waals surface area contributed by atoms with Crippen LogP contribution in [0.25, 0.3) is 5.69 Å². The molecule has 2 amide bonds. The lowest BCUT2D eigenvalue weighted by Crippen LogP contribution is -2.51. The number of amides is 2. The number of nitrogens with zero attached hydrogens (tertiary/aromatic N) is 6. The van der Waals surface area contributed by atoms with Crippen molar-refractivity contribution in [3.05, 3.63) is 48.4 Å². The first-order valence-electron chi connectivity index (χ1n) is 9.32. The minimum absolute atomic E-state index is 0.0229. The molecule has 0 spiro atoms. The SMILES string of the molecule is COc1cccc(-n2nnnc2SCC(=O)N2CCN(C(=O)c3ccco3)CC2)c1. The molecule has 11 heteroatoms. The van der Waals surface area contributed by atoms with E-state index in [2.05, 4.69) is 15.5 Å². The van der Waals surface area contributed by atoms with Crippen LogP contribution in [0.2, 0.25) is 0 Å². The molecule has 0 N–H and O–H groups in total. The van der Waals surface area contributed by atoms with Crippen LogP contribution in [0.15, 0.2) is 52.2 Å². The molecule has 1 aromatic carbocycles. The standard InChI is InChI=1S/C19H20N6O4S/c1-28-15-5-2-4-14(12-15)25-19(20-21-22-25)30-13-17(26)23-7-9-24(10-8-23)18(27)16-6-3-11-29-16/h2-6,11-12H,7-10,13H2,1H3. The zero-order valence-corrected chi connectivity index (χ0v) is 17.1. The van der Waals surface area contributed by atoms with Crippen molar-refractivity contribution in [3.8, 4) is 11.4 Å². The maximum atomic E-state index is 12.6. The van der Waals surface area contributed by atoms with E-state index in [4.69, 9.17) is 9.15 Å². The third-order valence-electron chi connectivity index (χ3n) is 4.72. The summed E-state index contributed by atoms with van der Waals surface area (Å²) in [4.78, 5) is 28.4. The van der Waals surface area contributed by atoms with Crippen LogP contribution in [0.5, 0.6) is 5.75 Å². The van der Waals surface area contributed by atoms with Gasteiger partial charge >= 0.3 is 0 Å². The van der Waals surface area contributed by atoms with Gasteiger partial charge in [0.05, 0.1) is 24.8 Å². The molecule has 4 rings (SSSR count). The van der Waals surface area contributed by atoms with Gasteiger partial charge in [-0.1, -0.05) is 17.8 Å². The monoisotopic (exact) mass is 428 g/mol. The van der Waals surface area contributed by atoms with Gasteiger partial charge in [0, 0.05) is 32.2 Å². The summed E-state index contributed by atoms with van der Waals surface area (Å²) < 4.78 is 12.0. The quantitative estimate of drug-likeness (QED) is 0.542. The number of hydrogen-bond acceptors (Lipinski definition) is 8. The number of hydrogen-bond donors (Lipinski definition) is 0. The summed E-state index contributed by atoms with van der Waals surface area (Å²) in [6.07, 6.45) is 1.48. The Labute approximate surface area is 176 Å². The fourth-order valence-electron chi connectivity index (χ4n) is 3.11. The molecule has 3 heterocycles. The summed E-state index contributed by atoms with van der Waals surface area (Å²) >= 11 is 1.27. The van der Waals surface area contributed by atoms with E-state index < -0.39 is 0 Å². The Bertz CT molecular complexity index is 1010. The summed E-state index contributed by atoms with van der Waals surface area (Å²) in [5, 5.41) is 12.3. The number of tetrazole rings is 1. The second-order valence-corrected chi connectivity index (χ2v) is 7.46. The summed E-state index contributed by atoms with van der Waals surface area (Å²) in [5.74, 6) is 1.03. The average molecular weight is 428 g/mol. The van der Waals surface area contributed by atoms with E-state index in [0.29, 0.717) is 42.8 Å². The predicted molar refractivity (Wildman–Crippen MR) is 108 cm³/mol. The molecule has 2 aromatic heterocycles. The lowest BCUT2D eigenvalue weighted by molar-refractivity contribution is -0.129. The number of rotatable bonds is 6. The molecule has 0 radical (unpaired) electrons. The summed E-state index contributed by atoms with van der Waals surface area (Å²) in [7, 11) is 1.59. The first-order valence-corrected chi connectivity index (χ1v) is 10.3. The number of furan rings is 1. The van der Waals surface area contributed by atoms with Crippen LogP contribution in [0.4, 0.5) is 0 Å². The second kappa shape index (κ2) is 8.99. The van der Waals surface area contributed by atoms with Crippen molar-refractivity contribution in [2.24, 2.45) is 0 Å². The minimum Gasteiger partial charge on any atom is -0.497 e. The highest BCUT2D eigenvalue weighted by Crippen LogP contribution is 2.22. The Kier molecular flexibility index (Phi) is 5.98. The van der Waals surface area contributed by atoms with Crippen LogP contribution >= 0.6 is 11.8 Å². The van der Waals surface area contributed by atoms with E-state index in [9.17, 15) is 9.59 Å². The largest absolute Gasteiger partial charge is 0.497 e. The fraction of sp³-hybridized carbons (Fsp3) is 0.316. The molecule has 0 saturated carbocycles. The summed E-state index contributed by atoms with van der Waals surface area (Å²) in [5.41, 5.74) is 0.749. The normalized spacial score (nSPS) is 14.0. The molecule has 10 nitrogen and oxygen atoms in total. The molecule has 1 saturated heterocycles. The minimum atomic E-state index is -0.154. The number of methoxy groups -OCH3 is 1. The molecule has 0 atom stereocenters. The van der Waals surface area contributed by atoms with Crippen molar-refractivity contribution in [1.29, 1.82) is 0 Å². The molecule has 0 bridgehead atoms. The highest BCUT2D eigenvalue weighted by Gasteiger charge is 2.26. The molecule has 1 aliphatic rings. The van der Waals surface area contributed by atoms with Crippen molar-refractivity contribution in [2.45, 2.75) is 5.16 Å². The zero-order valence-electron chi connectivity index (χ0n) is 16.3. The lowest BCUT2D eigenvalue weighted by atomic mass is 10.3. The van der Waals surface area contributed by atoms with E-state index in [0.717, 1.165) is 5.69 Å².